The van der Waals surface area contributed by atoms with Crippen LogP contribution in [0.15, 0.2) is 18.2 Å². The van der Waals surface area contributed by atoms with E-state index in [0.29, 0.717) is 12.5 Å². The molecular formula is C12H15F2NO. The Hall–Kier alpha value is -1.16. The molecule has 0 spiro atoms. The van der Waals surface area contributed by atoms with Gasteiger partial charge in [-0.15, -0.1) is 0 Å². The molecule has 0 saturated carbocycles. The Kier molecular flexibility index (Phi) is 3.72. The van der Waals surface area contributed by atoms with Crippen LogP contribution in [0.3, 0.4) is 0 Å². The molecule has 1 aliphatic rings. The van der Waals surface area contributed by atoms with Gasteiger partial charge in [0.15, 0.2) is 11.6 Å². The van der Waals surface area contributed by atoms with Crippen molar-refractivity contribution < 1.29 is 13.5 Å². The van der Waals surface area contributed by atoms with Gasteiger partial charge in [-0.25, -0.2) is 8.78 Å². The van der Waals surface area contributed by atoms with E-state index in [0.717, 1.165) is 44.1 Å². The Morgan fingerprint density at radius 3 is 3.00 bits per heavy atom. The predicted molar refractivity (Wildman–Crippen MR) is 57.4 cm³/mol. The van der Waals surface area contributed by atoms with Crippen LogP contribution < -0.4 is 10.1 Å². The molecule has 1 heterocycles. The van der Waals surface area contributed by atoms with E-state index >= 15 is 0 Å². The summed E-state index contributed by atoms with van der Waals surface area (Å²) in [5, 5.41) is 3.25. The lowest BCUT2D eigenvalue weighted by Crippen LogP contribution is -2.33. The molecule has 88 valence electrons. The number of hydrogen-bond donors (Lipinski definition) is 1. The van der Waals surface area contributed by atoms with Gasteiger partial charge in [-0.2, -0.15) is 0 Å². The molecule has 1 saturated heterocycles. The zero-order valence-electron chi connectivity index (χ0n) is 9.01. The van der Waals surface area contributed by atoms with E-state index in [1.165, 1.54) is 0 Å². The normalized spacial score (nSPS) is 20.8. The first kappa shape index (κ1) is 11.3. The molecule has 0 bridgehead atoms. The van der Waals surface area contributed by atoms with Crippen molar-refractivity contribution >= 4 is 0 Å². The molecule has 2 rings (SSSR count). The fraction of sp³-hybridized carbons (Fsp3) is 0.500. The van der Waals surface area contributed by atoms with Gasteiger partial charge in [-0.05, 0) is 31.5 Å². The summed E-state index contributed by atoms with van der Waals surface area (Å²) in [5.74, 6) is -0.592. The third-order valence-electron chi connectivity index (χ3n) is 2.77. The van der Waals surface area contributed by atoms with Gasteiger partial charge in [0, 0.05) is 18.5 Å². The third kappa shape index (κ3) is 2.92. The quantitative estimate of drug-likeness (QED) is 0.855. The van der Waals surface area contributed by atoms with Crippen LogP contribution >= 0.6 is 0 Å². The maximum absolute atomic E-state index is 13.2. The number of hydrogen-bond acceptors (Lipinski definition) is 2. The van der Waals surface area contributed by atoms with E-state index < -0.39 is 11.6 Å². The van der Waals surface area contributed by atoms with Crippen molar-refractivity contribution in [3.63, 3.8) is 0 Å². The summed E-state index contributed by atoms with van der Waals surface area (Å²) in [6.45, 7) is 2.36. The molecule has 1 atom stereocenters. The molecule has 1 fully saturated rings. The van der Waals surface area contributed by atoms with Crippen molar-refractivity contribution in [2.75, 3.05) is 19.7 Å². The first-order valence-electron chi connectivity index (χ1n) is 5.54. The predicted octanol–water partition coefficient (Wildman–Crippen LogP) is 2.34. The number of halogens is 2. The highest BCUT2D eigenvalue weighted by Gasteiger charge is 2.14. The Morgan fingerprint density at radius 1 is 1.38 bits per heavy atom. The van der Waals surface area contributed by atoms with Crippen LogP contribution in [0.1, 0.15) is 12.8 Å². The van der Waals surface area contributed by atoms with Gasteiger partial charge in [0.2, 0.25) is 0 Å². The summed E-state index contributed by atoms with van der Waals surface area (Å²) < 4.78 is 31.4. The maximum Gasteiger partial charge on any atom is 0.165 e. The SMILES string of the molecule is Fc1ccc(F)c(OCC2CCCNC2)c1. The van der Waals surface area contributed by atoms with Gasteiger partial charge in [0.25, 0.3) is 0 Å². The second-order valence-corrected chi connectivity index (χ2v) is 4.10. The number of nitrogens with one attached hydrogen (secondary N) is 1. The Bertz CT molecular complexity index is 351. The summed E-state index contributed by atoms with van der Waals surface area (Å²) in [4.78, 5) is 0. The van der Waals surface area contributed by atoms with Crippen molar-refractivity contribution in [1.82, 2.24) is 5.32 Å². The number of benzene rings is 1. The Labute approximate surface area is 93.6 Å². The summed E-state index contributed by atoms with van der Waals surface area (Å²) in [6.07, 6.45) is 2.18. The monoisotopic (exact) mass is 227 g/mol. The van der Waals surface area contributed by atoms with Crippen LogP contribution in [0.25, 0.3) is 0 Å². The van der Waals surface area contributed by atoms with Gasteiger partial charge in [0.05, 0.1) is 6.61 Å². The van der Waals surface area contributed by atoms with Gasteiger partial charge < -0.3 is 10.1 Å². The van der Waals surface area contributed by atoms with Crippen LogP contribution in [-0.2, 0) is 0 Å². The van der Waals surface area contributed by atoms with Crippen molar-refractivity contribution in [3.05, 3.63) is 29.8 Å². The minimum Gasteiger partial charge on any atom is -0.490 e. The zero-order valence-corrected chi connectivity index (χ0v) is 9.01. The molecule has 0 amide bonds. The minimum absolute atomic E-state index is 0.00516. The lowest BCUT2D eigenvalue weighted by atomic mass is 10.0. The van der Waals surface area contributed by atoms with Gasteiger partial charge in [-0.3, -0.25) is 0 Å². The summed E-state index contributed by atoms with van der Waals surface area (Å²) in [5.41, 5.74) is 0. The minimum atomic E-state index is -0.509. The first-order valence-corrected chi connectivity index (χ1v) is 5.54. The number of ether oxygens (including phenoxy) is 1. The van der Waals surface area contributed by atoms with Gasteiger partial charge in [-0.1, -0.05) is 0 Å². The van der Waals surface area contributed by atoms with Crippen LogP contribution in [0.4, 0.5) is 8.78 Å². The Morgan fingerprint density at radius 2 is 2.25 bits per heavy atom. The number of rotatable bonds is 3. The lowest BCUT2D eigenvalue weighted by molar-refractivity contribution is 0.211. The fourth-order valence-electron chi connectivity index (χ4n) is 1.86. The van der Waals surface area contributed by atoms with Crippen molar-refractivity contribution in [1.29, 1.82) is 0 Å². The Balaban J connectivity index is 1.90. The topological polar surface area (TPSA) is 21.3 Å². The molecule has 1 unspecified atom stereocenters. The maximum atomic E-state index is 13.2. The van der Waals surface area contributed by atoms with E-state index in [4.69, 9.17) is 4.74 Å². The second kappa shape index (κ2) is 5.25. The van der Waals surface area contributed by atoms with Gasteiger partial charge >= 0.3 is 0 Å². The molecule has 0 aromatic heterocycles. The lowest BCUT2D eigenvalue weighted by Gasteiger charge is -2.22. The molecule has 2 nitrogen and oxygen atoms in total. The van der Waals surface area contributed by atoms with Crippen molar-refractivity contribution in [2.24, 2.45) is 5.92 Å². The van der Waals surface area contributed by atoms with E-state index in [9.17, 15) is 8.78 Å². The largest absolute Gasteiger partial charge is 0.490 e. The summed E-state index contributed by atoms with van der Waals surface area (Å²) in [6, 6.07) is 3.26. The molecule has 1 aromatic carbocycles. The second-order valence-electron chi connectivity index (χ2n) is 4.10. The molecule has 1 aromatic rings. The molecule has 1 N–H and O–H groups in total. The molecule has 0 radical (unpaired) electrons. The standard InChI is InChI=1S/C12H15F2NO/c13-10-3-4-11(14)12(6-10)16-8-9-2-1-5-15-7-9/h3-4,6,9,15H,1-2,5,7-8H2. The average molecular weight is 227 g/mol. The molecule has 1 aliphatic heterocycles. The molecule has 16 heavy (non-hydrogen) atoms. The average Bonchev–Trinajstić information content (AvgIpc) is 2.32. The molecule has 4 heteroatoms. The first-order chi connectivity index (χ1) is 7.75. The zero-order chi connectivity index (χ0) is 11.4. The molecular weight excluding hydrogens is 212 g/mol. The number of piperidine rings is 1. The highest BCUT2D eigenvalue weighted by atomic mass is 19.1. The summed E-state index contributed by atoms with van der Waals surface area (Å²) >= 11 is 0. The smallest absolute Gasteiger partial charge is 0.165 e. The fourth-order valence-corrected chi connectivity index (χ4v) is 1.86. The van der Waals surface area contributed by atoms with Crippen LogP contribution in [0, 0.1) is 17.6 Å². The van der Waals surface area contributed by atoms with Crippen LogP contribution in [0.5, 0.6) is 5.75 Å². The van der Waals surface area contributed by atoms with Crippen LogP contribution in [-0.4, -0.2) is 19.7 Å². The van der Waals surface area contributed by atoms with Crippen molar-refractivity contribution in [3.8, 4) is 5.75 Å². The summed E-state index contributed by atoms with van der Waals surface area (Å²) in [7, 11) is 0. The van der Waals surface area contributed by atoms with Crippen LogP contribution in [0.2, 0.25) is 0 Å². The van der Waals surface area contributed by atoms with Crippen molar-refractivity contribution in [2.45, 2.75) is 12.8 Å². The van der Waals surface area contributed by atoms with E-state index in [2.05, 4.69) is 5.32 Å². The van der Waals surface area contributed by atoms with E-state index in [1.807, 2.05) is 0 Å². The highest BCUT2D eigenvalue weighted by molar-refractivity contribution is 5.24. The van der Waals surface area contributed by atoms with E-state index in [-0.39, 0.29) is 5.75 Å². The molecule has 0 aliphatic carbocycles. The highest BCUT2D eigenvalue weighted by Crippen LogP contribution is 2.20. The third-order valence-corrected chi connectivity index (χ3v) is 2.77. The van der Waals surface area contributed by atoms with Gasteiger partial charge in [0.1, 0.15) is 5.82 Å². The van der Waals surface area contributed by atoms with E-state index in [1.54, 1.807) is 0 Å².